The molecule has 0 aliphatic carbocycles. The number of thioether (sulfide) groups is 1. The van der Waals surface area contributed by atoms with Gasteiger partial charge in [0.25, 0.3) is 5.22 Å². The van der Waals surface area contributed by atoms with Crippen LogP contribution in [0.5, 0.6) is 0 Å². The number of amides is 1. The Kier molecular flexibility index (Phi) is 6.65. The fourth-order valence-corrected chi connectivity index (χ4v) is 3.24. The Morgan fingerprint density at radius 2 is 2.08 bits per heavy atom. The van der Waals surface area contributed by atoms with E-state index < -0.39 is 0 Å². The number of morpholine rings is 1. The van der Waals surface area contributed by atoms with Crippen molar-refractivity contribution in [3.63, 3.8) is 0 Å². The van der Waals surface area contributed by atoms with Crippen molar-refractivity contribution in [1.29, 1.82) is 0 Å². The zero-order valence-electron chi connectivity index (χ0n) is 15.2. The number of aromatic nitrogens is 2. The van der Waals surface area contributed by atoms with Gasteiger partial charge in [0.05, 0.1) is 19.0 Å². The van der Waals surface area contributed by atoms with E-state index in [2.05, 4.69) is 20.4 Å². The second kappa shape index (κ2) is 9.16. The van der Waals surface area contributed by atoms with Crippen molar-refractivity contribution in [2.75, 3.05) is 43.9 Å². The summed E-state index contributed by atoms with van der Waals surface area (Å²) in [6.07, 6.45) is 0.711. The highest BCUT2D eigenvalue weighted by Crippen LogP contribution is 2.19. The SMILES string of the molecule is Cc1ccc(C)c(NC(=O)CSc2nnc(CCN3CCOCC3)o2)c1. The molecule has 0 radical (unpaired) electrons. The Morgan fingerprint density at radius 3 is 2.88 bits per heavy atom. The van der Waals surface area contributed by atoms with Gasteiger partial charge in [0, 0.05) is 31.7 Å². The van der Waals surface area contributed by atoms with Crippen LogP contribution in [0.4, 0.5) is 5.69 Å². The van der Waals surface area contributed by atoms with E-state index in [-0.39, 0.29) is 11.7 Å². The quantitative estimate of drug-likeness (QED) is 0.743. The van der Waals surface area contributed by atoms with Crippen molar-refractivity contribution < 1.29 is 13.9 Å². The highest BCUT2D eigenvalue weighted by Gasteiger charge is 2.14. The van der Waals surface area contributed by atoms with E-state index in [9.17, 15) is 4.79 Å². The van der Waals surface area contributed by atoms with E-state index in [1.165, 1.54) is 11.8 Å². The summed E-state index contributed by atoms with van der Waals surface area (Å²) < 4.78 is 11.0. The monoisotopic (exact) mass is 376 g/mol. The molecule has 3 rings (SSSR count). The first-order valence-electron chi connectivity index (χ1n) is 8.72. The lowest BCUT2D eigenvalue weighted by atomic mass is 10.1. The summed E-state index contributed by atoms with van der Waals surface area (Å²) in [5.41, 5.74) is 2.99. The third-order valence-electron chi connectivity index (χ3n) is 4.19. The molecule has 0 spiro atoms. The lowest BCUT2D eigenvalue weighted by Crippen LogP contribution is -2.37. The zero-order valence-corrected chi connectivity index (χ0v) is 16.0. The van der Waals surface area contributed by atoms with Gasteiger partial charge in [0.1, 0.15) is 0 Å². The van der Waals surface area contributed by atoms with Gasteiger partial charge in [-0.1, -0.05) is 23.9 Å². The topological polar surface area (TPSA) is 80.5 Å². The molecule has 1 saturated heterocycles. The Hall–Kier alpha value is -1.90. The van der Waals surface area contributed by atoms with Crippen molar-refractivity contribution in [3.8, 4) is 0 Å². The maximum absolute atomic E-state index is 12.1. The van der Waals surface area contributed by atoms with Crippen LogP contribution in [0, 0.1) is 13.8 Å². The van der Waals surface area contributed by atoms with Crippen molar-refractivity contribution in [3.05, 3.63) is 35.2 Å². The number of nitrogens with zero attached hydrogens (tertiary/aromatic N) is 3. The average molecular weight is 376 g/mol. The zero-order chi connectivity index (χ0) is 18.4. The standard InChI is InChI=1S/C18H24N4O3S/c1-13-3-4-14(2)15(11-13)19-16(23)12-26-18-21-20-17(25-18)5-6-22-7-9-24-10-8-22/h3-4,11H,5-10,12H2,1-2H3,(H,19,23). The highest BCUT2D eigenvalue weighted by molar-refractivity contribution is 7.99. The first-order chi connectivity index (χ1) is 12.6. The third-order valence-corrected chi connectivity index (χ3v) is 5.01. The van der Waals surface area contributed by atoms with Crippen molar-refractivity contribution in [1.82, 2.24) is 15.1 Å². The summed E-state index contributed by atoms with van der Waals surface area (Å²) in [4.78, 5) is 14.5. The summed E-state index contributed by atoms with van der Waals surface area (Å²) in [7, 11) is 0. The summed E-state index contributed by atoms with van der Waals surface area (Å²) >= 11 is 1.25. The minimum Gasteiger partial charge on any atom is -0.416 e. The van der Waals surface area contributed by atoms with E-state index in [1.807, 2.05) is 32.0 Å². The Bertz CT molecular complexity index is 744. The summed E-state index contributed by atoms with van der Waals surface area (Å²) in [6, 6.07) is 5.99. The van der Waals surface area contributed by atoms with Crippen molar-refractivity contribution in [2.45, 2.75) is 25.5 Å². The normalized spacial score (nSPS) is 15.2. The van der Waals surface area contributed by atoms with E-state index in [0.717, 1.165) is 49.7 Å². The van der Waals surface area contributed by atoms with E-state index in [4.69, 9.17) is 9.15 Å². The molecular weight excluding hydrogens is 352 g/mol. The molecule has 8 heteroatoms. The summed E-state index contributed by atoms with van der Waals surface area (Å²) in [5, 5.41) is 11.4. The van der Waals surface area contributed by atoms with E-state index in [1.54, 1.807) is 0 Å². The smallest absolute Gasteiger partial charge is 0.277 e. The molecule has 0 unspecified atom stereocenters. The number of hydrogen-bond donors (Lipinski definition) is 1. The van der Waals surface area contributed by atoms with Gasteiger partial charge in [-0.2, -0.15) is 0 Å². The fourth-order valence-electron chi connectivity index (χ4n) is 2.66. The number of aryl methyl sites for hydroxylation is 2. The molecule has 2 heterocycles. The van der Waals surface area contributed by atoms with Crippen LogP contribution in [-0.4, -0.2) is 59.6 Å². The highest BCUT2D eigenvalue weighted by atomic mass is 32.2. The largest absolute Gasteiger partial charge is 0.416 e. The number of carbonyl (C=O) groups excluding carboxylic acids is 1. The van der Waals surface area contributed by atoms with Gasteiger partial charge < -0.3 is 14.5 Å². The average Bonchev–Trinajstić information content (AvgIpc) is 3.10. The minimum absolute atomic E-state index is 0.0863. The van der Waals surface area contributed by atoms with Gasteiger partial charge in [0.15, 0.2) is 0 Å². The molecule has 1 aromatic carbocycles. The first-order valence-corrected chi connectivity index (χ1v) is 9.71. The molecule has 140 valence electrons. The van der Waals surface area contributed by atoms with Crippen LogP contribution in [0.1, 0.15) is 17.0 Å². The predicted octanol–water partition coefficient (Wildman–Crippen LogP) is 2.29. The van der Waals surface area contributed by atoms with E-state index >= 15 is 0 Å². The molecule has 1 N–H and O–H groups in total. The number of anilines is 1. The lowest BCUT2D eigenvalue weighted by molar-refractivity contribution is -0.113. The van der Waals surface area contributed by atoms with Gasteiger partial charge in [-0.15, -0.1) is 10.2 Å². The molecule has 1 amide bonds. The third kappa shape index (κ3) is 5.55. The number of nitrogens with one attached hydrogen (secondary N) is 1. The minimum atomic E-state index is -0.0863. The van der Waals surface area contributed by atoms with Crippen LogP contribution in [0.3, 0.4) is 0 Å². The van der Waals surface area contributed by atoms with Crippen LogP contribution in [0.15, 0.2) is 27.8 Å². The molecule has 1 aromatic heterocycles. The van der Waals surface area contributed by atoms with Gasteiger partial charge in [-0.3, -0.25) is 9.69 Å². The number of carbonyl (C=O) groups is 1. The van der Waals surface area contributed by atoms with Crippen LogP contribution in [0.25, 0.3) is 0 Å². The number of rotatable bonds is 7. The number of hydrogen-bond acceptors (Lipinski definition) is 7. The van der Waals surface area contributed by atoms with Gasteiger partial charge in [-0.25, -0.2) is 0 Å². The molecule has 1 aliphatic rings. The second-order valence-electron chi connectivity index (χ2n) is 6.32. The molecule has 1 fully saturated rings. The number of benzene rings is 1. The summed E-state index contributed by atoms with van der Waals surface area (Å²) in [6.45, 7) is 8.29. The summed E-state index contributed by atoms with van der Waals surface area (Å²) in [5.74, 6) is 0.754. The molecule has 1 aliphatic heterocycles. The van der Waals surface area contributed by atoms with Gasteiger partial charge in [-0.05, 0) is 31.0 Å². The molecule has 0 saturated carbocycles. The maximum Gasteiger partial charge on any atom is 0.277 e. The van der Waals surface area contributed by atoms with Crippen LogP contribution < -0.4 is 5.32 Å². The van der Waals surface area contributed by atoms with E-state index in [0.29, 0.717) is 17.5 Å². The second-order valence-corrected chi connectivity index (χ2v) is 7.25. The Labute approximate surface area is 157 Å². The first kappa shape index (κ1) is 18.9. The molecular formula is C18H24N4O3S. The molecule has 0 bridgehead atoms. The van der Waals surface area contributed by atoms with Crippen molar-refractivity contribution in [2.24, 2.45) is 0 Å². The van der Waals surface area contributed by atoms with Crippen LogP contribution in [0.2, 0.25) is 0 Å². The molecule has 26 heavy (non-hydrogen) atoms. The predicted molar refractivity (Wildman–Crippen MR) is 101 cm³/mol. The van der Waals surface area contributed by atoms with Gasteiger partial charge >= 0.3 is 0 Å². The van der Waals surface area contributed by atoms with Gasteiger partial charge in [0.2, 0.25) is 11.8 Å². The Morgan fingerprint density at radius 1 is 1.27 bits per heavy atom. The van der Waals surface area contributed by atoms with Crippen molar-refractivity contribution >= 4 is 23.4 Å². The molecule has 0 atom stereocenters. The maximum atomic E-state index is 12.1. The van der Waals surface area contributed by atoms with Crippen LogP contribution in [-0.2, 0) is 16.0 Å². The lowest BCUT2D eigenvalue weighted by Gasteiger charge is -2.25. The van der Waals surface area contributed by atoms with Crippen LogP contribution >= 0.6 is 11.8 Å². The molecule has 2 aromatic rings. The number of ether oxygens (including phenoxy) is 1. The fraction of sp³-hybridized carbons (Fsp3) is 0.500. The Balaban J connectivity index is 1.43. The molecule has 7 nitrogen and oxygen atoms in total.